The molecule has 0 spiro atoms. The molecule has 0 bridgehead atoms. The standard InChI is InChI=1S/C31H42ClNO6/c1-19(2)38-27-18-25(30(36)21-9-11-23(32)12-10-21)22(16-26(27)37-6)17-28(34)33-24-13-7-20(8-14-24)15-29(35)39-31(3,4)5/h9-12,16,18-20,24,30,36H,7-8,13-15,17H2,1-6H3,(H,33,34). The molecule has 0 aliphatic heterocycles. The zero-order valence-corrected chi connectivity index (χ0v) is 24.6. The van der Waals surface area contributed by atoms with Crippen LogP contribution in [0.3, 0.4) is 0 Å². The molecule has 1 aliphatic rings. The van der Waals surface area contributed by atoms with Gasteiger partial charge in [-0.25, -0.2) is 0 Å². The second kappa shape index (κ2) is 13.5. The van der Waals surface area contributed by atoms with Crippen molar-refractivity contribution in [3.05, 3.63) is 58.1 Å². The summed E-state index contributed by atoms with van der Waals surface area (Å²) in [5, 5.41) is 15.0. The summed E-state index contributed by atoms with van der Waals surface area (Å²) in [7, 11) is 1.55. The monoisotopic (exact) mass is 559 g/mol. The molecule has 3 rings (SSSR count). The van der Waals surface area contributed by atoms with Crippen LogP contribution in [-0.4, -0.2) is 41.8 Å². The van der Waals surface area contributed by atoms with Crippen LogP contribution in [0.5, 0.6) is 11.5 Å². The molecule has 0 heterocycles. The van der Waals surface area contributed by atoms with E-state index in [1.54, 1.807) is 43.5 Å². The molecule has 1 atom stereocenters. The van der Waals surface area contributed by atoms with Crippen molar-refractivity contribution >= 4 is 23.5 Å². The van der Waals surface area contributed by atoms with E-state index in [4.69, 9.17) is 25.8 Å². The average Bonchev–Trinajstić information content (AvgIpc) is 2.84. The molecular formula is C31H42ClNO6. The van der Waals surface area contributed by atoms with E-state index in [2.05, 4.69) is 5.32 Å². The van der Waals surface area contributed by atoms with Gasteiger partial charge in [0.2, 0.25) is 5.91 Å². The Kier molecular flexibility index (Phi) is 10.7. The Morgan fingerprint density at radius 3 is 2.26 bits per heavy atom. The number of nitrogens with one attached hydrogen (secondary N) is 1. The predicted molar refractivity (Wildman–Crippen MR) is 152 cm³/mol. The van der Waals surface area contributed by atoms with Crippen molar-refractivity contribution in [3.63, 3.8) is 0 Å². The van der Waals surface area contributed by atoms with Crippen molar-refractivity contribution in [2.45, 2.75) is 97.0 Å². The van der Waals surface area contributed by atoms with Gasteiger partial charge in [-0.05, 0) is 107 Å². The second-order valence-corrected chi connectivity index (χ2v) is 12.0. The number of hydrogen-bond acceptors (Lipinski definition) is 6. The van der Waals surface area contributed by atoms with Crippen molar-refractivity contribution in [1.29, 1.82) is 0 Å². The first-order valence-electron chi connectivity index (χ1n) is 13.7. The van der Waals surface area contributed by atoms with Crippen LogP contribution in [0.25, 0.3) is 0 Å². The SMILES string of the molecule is COc1cc(CC(=O)NC2CCC(CC(=O)OC(C)(C)C)CC2)c(C(O)c2ccc(Cl)cc2)cc1OC(C)C. The van der Waals surface area contributed by atoms with Crippen LogP contribution in [0.4, 0.5) is 0 Å². The summed E-state index contributed by atoms with van der Waals surface area (Å²) in [6.45, 7) is 9.45. The number of methoxy groups -OCH3 is 1. The number of rotatable bonds is 10. The molecule has 0 radical (unpaired) electrons. The van der Waals surface area contributed by atoms with Gasteiger partial charge in [0.1, 0.15) is 11.7 Å². The smallest absolute Gasteiger partial charge is 0.306 e. The topological polar surface area (TPSA) is 94.1 Å². The molecule has 1 aliphatic carbocycles. The number of amides is 1. The average molecular weight is 560 g/mol. The highest BCUT2D eigenvalue weighted by molar-refractivity contribution is 6.30. The summed E-state index contributed by atoms with van der Waals surface area (Å²) < 4.78 is 17.0. The molecule has 39 heavy (non-hydrogen) atoms. The Labute approximate surface area is 237 Å². The number of benzene rings is 2. The number of ether oxygens (including phenoxy) is 3. The fraction of sp³-hybridized carbons (Fsp3) is 0.548. The third-order valence-corrected chi connectivity index (χ3v) is 6.96. The minimum Gasteiger partial charge on any atom is -0.493 e. The quantitative estimate of drug-likeness (QED) is 0.338. The number of carbonyl (C=O) groups is 2. The van der Waals surface area contributed by atoms with E-state index < -0.39 is 11.7 Å². The van der Waals surface area contributed by atoms with Crippen LogP contribution in [0.1, 0.15) is 89.5 Å². The molecule has 2 N–H and O–H groups in total. The molecule has 7 nitrogen and oxygen atoms in total. The van der Waals surface area contributed by atoms with Crippen molar-refractivity contribution in [2.75, 3.05) is 7.11 Å². The van der Waals surface area contributed by atoms with Gasteiger partial charge in [0, 0.05) is 17.5 Å². The number of esters is 1. The number of halogens is 1. The Balaban J connectivity index is 1.70. The maximum Gasteiger partial charge on any atom is 0.306 e. The summed E-state index contributed by atoms with van der Waals surface area (Å²) in [4.78, 5) is 25.4. The van der Waals surface area contributed by atoms with Gasteiger partial charge < -0.3 is 24.6 Å². The Morgan fingerprint density at radius 2 is 1.69 bits per heavy atom. The van der Waals surface area contributed by atoms with Crippen LogP contribution in [0.15, 0.2) is 36.4 Å². The van der Waals surface area contributed by atoms with E-state index in [1.807, 2.05) is 34.6 Å². The third-order valence-electron chi connectivity index (χ3n) is 6.71. The largest absolute Gasteiger partial charge is 0.493 e. The van der Waals surface area contributed by atoms with Crippen molar-refractivity contribution < 1.29 is 28.9 Å². The van der Waals surface area contributed by atoms with E-state index in [9.17, 15) is 14.7 Å². The minimum atomic E-state index is -0.978. The molecule has 2 aromatic rings. The molecule has 2 aromatic carbocycles. The Bertz CT molecular complexity index is 1120. The zero-order valence-electron chi connectivity index (χ0n) is 23.9. The molecular weight excluding hydrogens is 518 g/mol. The maximum absolute atomic E-state index is 13.2. The van der Waals surface area contributed by atoms with Gasteiger partial charge in [0.05, 0.1) is 19.6 Å². The molecule has 8 heteroatoms. The van der Waals surface area contributed by atoms with Gasteiger partial charge >= 0.3 is 5.97 Å². The Morgan fingerprint density at radius 1 is 1.05 bits per heavy atom. The predicted octanol–water partition coefficient (Wildman–Crippen LogP) is 6.17. The summed E-state index contributed by atoms with van der Waals surface area (Å²) >= 11 is 6.04. The zero-order chi connectivity index (χ0) is 28.7. The fourth-order valence-electron chi connectivity index (χ4n) is 4.94. The van der Waals surface area contributed by atoms with Gasteiger partial charge in [0.15, 0.2) is 11.5 Å². The van der Waals surface area contributed by atoms with Crippen molar-refractivity contribution in [1.82, 2.24) is 5.32 Å². The highest BCUT2D eigenvalue weighted by atomic mass is 35.5. The lowest BCUT2D eigenvalue weighted by Gasteiger charge is -2.29. The molecule has 0 aromatic heterocycles. The second-order valence-electron chi connectivity index (χ2n) is 11.6. The molecule has 1 fully saturated rings. The normalized spacial score (nSPS) is 18.4. The molecule has 214 valence electrons. The molecule has 1 amide bonds. The van der Waals surface area contributed by atoms with E-state index in [1.165, 1.54) is 0 Å². The number of aliphatic hydroxyl groups excluding tert-OH is 1. The van der Waals surface area contributed by atoms with Crippen molar-refractivity contribution in [2.24, 2.45) is 5.92 Å². The first kappa shape index (κ1) is 30.8. The number of carbonyl (C=O) groups excluding carboxylic acids is 2. The number of hydrogen-bond donors (Lipinski definition) is 2. The van der Waals surface area contributed by atoms with Gasteiger partial charge in [-0.2, -0.15) is 0 Å². The first-order chi connectivity index (χ1) is 18.3. The third kappa shape index (κ3) is 9.43. The van der Waals surface area contributed by atoms with E-state index >= 15 is 0 Å². The van der Waals surface area contributed by atoms with Crippen LogP contribution < -0.4 is 14.8 Å². The summed E-state index contributed by atoms with van der Waals surface area (Å²) in [5.74, 6) is 0.978. The van der Waals surface area contributed by atoms with E-state index in [-0.39, 0.29) is 36.4 Å². The lowest BCUT2D eigenvalue weighted by molar-refractivity contribution is -0.156. The molecule has 1 saturated carbocycles. The highest BCUT2D eigenvalue weighted by Crippen LogP contribution is 2.37. The lowest BCUT2D eigenvalue weighted by atomic mass is 9.84. The summed E-state index contributed by atoms with van der Waals surface area (Å²) in [5.41, 5.74) is 1.40. The Hall–Kier alpha value is -2.77. The van der Waals surface area contributed by atoms with Crippen molar-refractivity contribution in [3.8, 4) is 11.5 Å². The van der Waals surface area contributed by atoms with Crippen LogP contribution in [0.2, 0.25) is 5.02 Å². The number of aliphatic hydroxyl groups is 1. The molecule has 0 saturated heterocycles. The van der Waals surface area contributed by atoms with Gasteiger partial charge in [-0.15, -0.1) is 0 Å². The summed E-state index contributed by atoms with van der Waals surface area (Å²) in [6.07, 6.45) is 2.76. The molecule has 1 unspecified atom stereocenters. The fourth-order valence-corrected chi connectivity index (χ4v) is 5.06. The van der Waals surface area contributed by atoms with E-state index in [0.717, 1.165) is 25.7 Å². The van der Waals surface area contributed by atoms with Gasteiger partial charge in [-0.3, -0.25) is 9.59 Å². The summed E-state index contributed by atoms with van der Waals surface area (Å²) in [6, 6.07) is 10.5. The lowest BCUT2D eigenvalue weighted by Crippen LogP contribution is -2.39. The van der Waals surface area contributed by atoms with Crippen LogP contribution in [-0.2, 0) is 20.7 Å². The minimum absolute atomic E-state index is 0.0440. The highest BCUT2D eigenvalue weighted by Gasteiger charge is 2.27. The van der Waals surface area contributed by atoms with Crippen LogP contribution in [0, 0.1) is 5.92 Å². The van der Waals surface area contributed by atoms with E-state index in [0.29, 0.717) is 39.6 Å². The van der Waals surface area contributed by atoms with Gasteiger partial charge in [0.25, 0.3) is 0 Å². The maximum atomic E-state index is 13.2. The first-order valence-corrected chi connectivity index (χ1v) is 14.0. The van der Waals surface area contributed by atoms with Gasteiger partial charge in [-0.1, -0.05) is 23.7 Å². The van der Waals surface area contributed by atoms with Crippen LogP contribution >= 0.6 is 11.6 Å².